The van der Waals surface area contributed by atoms with Crippen LogP contribution < -0.4 is 0 Å². The first-order chi connectivity index (χ1) is 46.5. The van der Waals surface area contributed by atoms with E-state index in [2.05, 4.69) is 27.4 Å². The molecular formula is C71H125BO26. The van der Waals surface area contributed by atoms with Crippen LogP contribution in [0.15, 0.2) is 12.2 Å². The molecule has 12 heterocycles. The van der Waals surface area contributed by atoms with Gasteiger partial charge in [-0.05, 0) is 88.5 Å². The molecule has 2 aliphatic carbocycles. The average Bonchev–Trinajstić information content (AvgIpc) is 1.53. The van der Waals surface area contributed by atoms with Crippen LogP contribution in [0, 0.1) is 17.8 Å². The van der Waals surface area contributed by atoms with Crippen molar-refractivity contribution in [2.75, 3.05) is 152 Å². The van der Waals surface area contributed by atoms with Crippen LogP contribution in [0.25, 0.3) is 0 Å². The Morgan fingerprint density at radius 1 is 0.449 bits per heavy atom. The molecule has 2 radical (unpaired) electrons. The molecule has 14 fully saturated rings. The molecule has 0 aromatic carbocycles. The maximum atomic E-state index is 6.01. The van der Waals surface area contributed by atoms with E-state index < -0.39 is 34.0 Å². The smallest absolute Gasteiger partial charge is 0.146 e. The Hall–Kier alpha value is -1.24. The first-order valence-electron chi connectivity index (χ1n) is 35.1. The highest BCUT2D eigenvalue weighted by Gasteiger charge is 2.71. The van der Waals surface area contributed by atoms with Crippen LogP contribution in [-0.4, -0.2) is 339 Å². The standard InChI is InChI=1S/C11H20O3.C11H18O3.4C10H18O4.C9H15BO4/c2*1-7-5-11(6-12-3)10(13-4)9(7)8(2)14-11;1-7-8-9(2,12-4)10(14-7,5-11-3)6-13-8;2*1-6-8-9(12-4)10(14-6,5-13-8)7(2)11-3;1-6-8-9(12-4)10(14-6,5-11-3)7(2)13-8;1-5(11-2)9-4-13-6(7(9)12-3)8(10)14-9/h7-10H,5-6H2,1-4H3;8-10H,1,5-6H2,2-4H3;7-8H,5-6H2,1-4H3;3*6-9H,5H2,1-4H3;5-8H,4H2,1-3H3/t7-,8-,9?,10-,11?;8-,9-,10-,11?;7-,8+,9+,10+;6-,7+,8+,9+,10-;6-,7-,8+,9+,10-;6-,7+,8+,9+,10+;5?,6?,7-,8-,9-/m0000001/s1. The van der Waals surface area contributed by atoms with Gasteiger partial charge in [-0.2, -0.15) is 0 Å². The zero-order chi connectivity index (χ0) is 72.5. The maximum Gasteiger partial charge on any atom is 0.146 e. The highest BCUT2D eigenvalue weighted by molar-refractivity contribution is 6.11. The molecule has 98 heavy (non-hydrogen) atoms. The van der Waals surface area contributed by atoms with Crippen LogP contribution in [-0.2, 0) is 123 Å². The molecule has 2 saturated carbocycles. The zero-order valence-electron chi connectivity index (χ0n) is 63.9. The molecule has 26 nitrogen and oxygen atoms in total. The van der Waals surface area contributed by atoms with E-state index in [4.69, 9.17) is 131 Å². The minimum atomic E-state index is -0.534. The lowest BCUT2D eigenvalue weighted by Crippen LogP contribution is -2.54. The zero-order valence-corrected chi connectivity index (χ0v) is 63.9. The first-order valence-corrected chi connectivity index (χ1v) is 35.1. The second kappa shape index (κ2) is 33.3. The minimum absolute atomic E-state index is 0.00699. The molecule has 0 amide bonds. The lowest BCUT2D eigenvalue weighted by molar-refractivity contribution is -0.194. The van der Waals surface area contributed by atoms with Gasteiger partial charge in [0.2, 0.25) is 0 Å². The highest BCUT2D eigenvalue weighted by Crippen LogP contribution is 2.55. The van der Waals surface area contributed by atoms with E-state index >= 15 is 0 Å². The topological polar surface area (TPSA) is 240 Å². The number of rotatable bonds is 21. The number of ether oxygens (including phenoxy) is 26. The highest BCUT2D eigenvalue weighted by atomic mass is 16.7. The largest absolute Gasteiger partial charge is 0.382 e. The molecule has 568 valence electrons. The average molecular weight is 1410 g/mol. The molecule has 12 aliphatic heterocycles. The molecular weight excluding hydrogens is 1280 g/mol. The summed E-state index contributed by atoms with van der Waals surface area (Å²) in [6, 6.07) is -0.411. The van der Waals surface area contributed by atoms with Crippen molar-refractivity contribution in [1.82, 2.24) is 0 Å². The molecule has 0 aromatic rings. The van der Waals surface area contributed by atoms with Gasteiger partial charge in [0, 0.05) is 124 Å². The molecule has 0 spiro atoms. The number of hydrogen-bond acceptors (Lipinski definition) is 26. The third-order valence-corrected chi connectivity index (χ3v) is 24.3. The van der Waals surface area contributed by atoms with E-state index in [1.165, 1.54) is 5.57 Å². The monoisotopic (exact) mass is 1400 g/mol. The molecule has 0 aromatic heterocycles. The summed E-state index contributed by atoms with van der Waals surface area (Å²) in [7, 11) is 29.5. The molecule has 0 N–H and O–H groups in total. The number of hydrogen-bond donors (Lipinski definition) is 0. The normalized spacial score (nSPS) is 49.4. The lowest BCUT2D eigenvalue weighted by Gasteiger charge is -2.35. The molecule has 27 heteroatoms. The maximum absolute atomic E-state index is 6.01. The predicted molar refractivity (Wildman–Crippen MR) is 358 cm³/mol. The Kier molecular flexibility index (Phi) is 28.0. The molecule has 5 unspecified atom stereocenters. The van der Waals surface area contributed by atoms with Gasteiger partial charge in [0.15, 0.2) is 0 Å². The fourth-order valence-corrected chi connectivity index (χ4v) is 19.3. The summed E-state index contributed by atoms with van der Waals surface area (Å²) in [6.07, 6.45) is 2.88. The van der Waals surface area contributed by atoms with Crippen LogP contribution in [0.2, 0.25) is 0 Å². The first kappa shape index (κ1) is 82.4. The Labute approximate surface area is 586 Å². The van der Waals surface area contributed by atoms with Crippen molar-refractivity contribution in [3.8, 4) is 0 Å². The summed E-state index contributed by atoms with van der Waals surface area (Å²) in [5, 5.41) is 0. The van der Waals surface area contributed by atoms with Crippen molar-refractivity contribution in [2.24, 2.45) is 17.8 Å². The van der Waals surface area contributed by atoms with E-state index in [9.17, 15) is 0 Å². The fourth-order valence-electron chi connectivity index (χ4n) is 19.3. The Morgan fingerprint density at radius 3 is 1.32 bits per heavy atom. The van der Waals surface area contributed by atoms with Crippen molar-refractivity contribution in [3.63, 3.8) is 0 Å². The summed E-state index contributed by atoms with van der Waals surface area (Å²) < 4.78 is 145. The third-order valence-electron chi connectivity index (χ3n) is 24.3. The van der Waals surface area contributed by atoms with Crippen molar-refractivity contribution in [2.45, 2.75) is 275 Å². The van der Waals surface area contributed by atoms with Crippen molar-refractivity contribution < 1.29 is 123 Å². The van der Waals surface area contributed by atoms with Crippen LogP contribution in [0.5, 0.6) is 0 Å². The SMILES string of the molecule is C=C1CC2(COC)O[C@@H](C)[C@H]1[C@@H]2OC.COCC12C[C@H](C)C([C@H](C)O1)[C@@H]2OC.COC[C@@]12O[C@@H](C)[C@@H](O[C@@H]1C)[C@H]2OC.COC[C@]12CO[C@H]([C@H](C)O1)[C@@]2(C)OC.CO[C@@H](C)[C@]12CO[C@H]([C@H](C)O1)[C@H]2OC.CO[C@@H]1[C@@H]2OC[C@@]1([C@@H](C)OC)O[C@H]2C.[B][C@@H]1O[C@@]2(C(C)OC)COC1[C@H]2OC. The minimum Gasteiger partial charge on any atom is -0.382 e. The number of methoxy groups -OCH3 is 14. The van der Waals surface area contributed by atoms with Gasteiger partial charge >= 0.3 is 0 Å². The summed E-state index contributed by atoms with van der Waals surface area (Å²) >= 11 is 0. The molecule has 12 saturated heterocycles. The second-order valence-corrected chi connectivity index (χ2v) is 29.5. The van der Waals surface area contributed by atoms with Gasteiger partial charge in [0.05, 0.1) is 126 Å². The van der Waals surface area contributed by atoms with E-state index in [0.29, 0.717) is 76.7 Å². The molecule has 14 rings (SSSR count). The van der Waals surface area contributed by atoms with Gasteiger partial charge in [-0.25, -0.2) is 0 Å². The summed E-state index contributed by atoms with van der Waals surface area (Å²) in [5.74, 6) is 1.56. The summed E-state index contributed by atoms with van der Waals surface area (Å²) in [6.45, 7) is 33.1. The van der Waals surface area contributed by atoms with E-state index in [1.807, 2.05) is 62.3 Å². The van der Waals surface area contributed by atoms with Gasteiger partial charge in [0.25, 0.3) is 0 Å². The van der Waals surface area contributed by atoms with Crippen molar-refractivity contribution >= 4 is 7.85 Å². The van der Waals surface area contributed by atoms with Gasteiger partial charge in [-0.3, -0.25) is 0 Å². The Balaban J connectivity index is 0.000000146. The Morgan fingerprint density at radius 2 is 0.898 bits per heavy atom. The van der Waals surface area contributed by atoms with Crippen molar-refractivity contribution in [3.05, 3.63) is 12.2 Å². The van der Waals surface area contributed by atoms with Gasteiger partial charge < -0.3 is 123 Å². The number of fused-ring (bicyclic) bond motifs is 14. The van der Waals surface area contributed by atoms with Crippen LogP contribution in [0.4, 0.5) is 0 Å². The summed E-state index contributed by atoms with van der Waals surface area (Å²) in [4.78, 5) is 0. The molecule has 33 atom stereocenters. The molecule has 14 aliphatic rings. The quantitative estimate of drug-likeness (QED) is 0.110. The predicted octanol–water partition coefficient (Wildman–Crippen LogP) is 4.91. The van der Waals surface area contributed by atoms with Crippen LogP contribution in [0.1, 0.15) is 95.9 Å². The molecule has 14 bridgehead atoms. The van der Waals surface area contributed by atoms with Gasteiger partial charge in [-0.15, -0.1) is 0 Å². The van der Waals surface area contributed by atoms with E-state index in [1.54, 1.807) is 99.5 Å². The van der Waals surface area contributed by atoms with Crippen LogP contribution in [0.3, 0.4) is 0 Å². The van der Waals surface area contributed by atoms with Gasteiger partial charge in [-0.1, -0.05) is 19.1 Å². The van der Waals surface area contributed by atoms with Gasteiger partial charge in [0.1, 0.15) is 108 Å². The third kappa shape index (κ3) is 14.0. The van der Waals surface area contributed by atoms with E-state index in [0.717, 1.165) is 12.8 Å². The summed E-state index contributed by atoms with van der Waals surface area (Å²) in [5.41, 5.74) is -1.78. The Bertz CT molecular complexity index is 2360. The fraction of sp³-hybridized carbons (Fsp3) is 0.972. The van der Waals surface area contributed by atoms with Crippen LogP contribution >= 0.6 is 0 Å². The van der Waals surface area contributed by atoms with Crippen molar-refractivity contribution in [1.29, 1.82) is 0 Å². The van der Waals surface area contributed by atoms with E-state index in [-0.39, 0.29) is 139 Å². The second-order valence-electron chi connectivity index (χ2n) is 29.5. The lowest BCUT2D eigenvalue weighted by atomic mass is 9.85.